The van der Waals surface area contributed by atoms with Crippen LogP contribution in [0.5, 0.6) is 5.75 Å². The largest absolute Gasteiger partial charge is 0.495 e. The molecule has 1 aromatic carbocycles. The van der Waals surface area contributed by atoms with Gasteiger partial charge in [-0.3, -0.25) is 0 Å². The lowest BCUT2D eigenvalue weighted by Gasteiger charge is -2.36. The van der Waals surface area contributed by atoms with Gasteiger partial charge in [0.05, 0.1) is 7.11 Å². The summed E-state index contributed by atoms with van der Waals surface area (Å²) in [7, 11) is -2.13. The van der Waals surface area contributed by atoms with Crippen molar-refractivity contribution in [3.8, 4) is 5.75 Å². The smallest absolute Gasteiger partial charge is 0.246 e. The fraction of sp³-hybridized carbons (Fsp3) is 0.571. The maximum atomic E-state index is 12.9. The molecule has 0 bridgehead atoms. The SMILES string of the molecule is COc1cc(C)c(N)cc1S(=O)(=O)N1CCSC(C)(C)C1. The summed E-state index contributed by atoms with van der Waals surface area (Å²) in [4.78, 5) is 0.149. The van der Waals surface area contributed by atoms with Crippen molar-refractivity contribution in [3.63, 3.8) is 0 Å². The minimum Gasteiger partial charge on any atom is -0.495 e. The van der Waals surface area contributed by atoms with Gasteiger partial charge in [-0.05, 0) is 38.5 Å². The second-order valence-corrected chi connectivity index (χ2v) is 9.51. The van der Waals surface area contributed by atoms with Crippen molar-refractivity contribution in [2.24, 2.45) is 0 Å². The fourth-order valence-corrected chi connectivity index (χ4v) is 5.44. The number of benzene rings is 1. The van der Waals surface area contributed by atoms with Crippen molar-refractivity contribution in [2.45, 2.75) is 30.4 Å². The average Bonchev–Trinajstić information content (AvgIpc) is 2.40. The molecule has 0 spiro atoms. The molecule has 0 atom stereocenters. The van der Waals surface area contributed by atoms with Gasteiger partial charge in [0.15, 0.2) is 0 Å². The number of nitrogens with zero attached hydrogens (tertiary/aromatic N) is 1. The molecule has 21 heavy (non-hydrogen) atoms. The third-order valence-electron chi connectivity index (χ3n) is 3.56. The van der Waals surface area contributed by atoms with Crippen LogP contribution in [0.1, 0.15) is 19.4 Å². The van der Waals surface area contributed by atoms with E-state index in [1.165, 1.54) is 17.5 Å². The molecular weight excluding hydrogens is 308 g/mol. The van der Waals surface area contributed by atoms with Gasteiger partial charge >= 0.3 is 0 Å². The van der Waals surface area contributed by atoms with Crippen molar-refractivity contribution >= 4 is 27.5 Å². The lowest BCUT2D eigenvalue weighted by molar-refractivity contribution is 0.376. The molecule has 0 aliphatic carbocycles. The highest BCUT2D eigenvalue weighted by atomic mass is 32.2. The fourth-order valence-electron chi connectivity index (χ4n) is 2.36. The number of anilines is 1. The summed E-state index contributed by atoms with van der Waals surface area (Å²) in [6.07, 6.45) is 0. The molecule has 0 unspecified atom stereocenters. The van der Waals surface area contributed by atoms with Gasteiger partial charge in [0.1, 0.15) is 10.6 Å². The van der Waals surface area contributed by atoms with Gasteiger partial charge in [-0.2, -0.15) is 16.1 Å². The molecule has 1 saturated heterocycles. The monoisotopic (exact) mass is 330 g/mol. The van der Waals surface area contributed by atoms with E-state index in [1.807, 2.05) is 6.92 Å². The number of sulfonamides is 1. The van der Waals surface area contributed by atoms with Crippen LogP contribution < -0.4 is 10.5 Å². The van der Waals surface area contributed by atoms with E-state index in [0.717, 1.165) is 11.3 Å². The Hall–Kier alpha value is -0.920. The number of hydrogen-bond donors (Lipinski definition) is 1. The Morgan fingerprint density at radius 1 is 1.38 bits per heavy atom. The first kappa shape index (κ1) is 16.5. The lowest BCUT2D eigenvalue weighted by atomic mass is 10.2. The number of hydrogen-bond acceptors (Lipinski definition) is 5. The van der Waals surface area contributed by atoms with Crippen molar-refractivity contribution in [3.05, 3.63) is 17.7 Å². The van der Waals surface area contributed by atoms with E-state index in [0.29, 0.717) is 24.5 Å². The van der Waals surface area contributed by atoms with E-state index < -0.39 is 10.0 Å². The molecule has 118 valence electrons. The van der Waals surface area contributed by atoms with Crippen molar-refractivity contribution in [2.75, 3.05) is 31.7 Å². The third-order valence-corrected chi connectivity index (χ3v) is 6.72. The molecule has 1 aliphatic heterocycles. The summed E-state index contributed by atoms with van der Waals surface area (Å²) >= 11 is 1.79. The van der Waals surface area contributed by atoms with Crippen LogP contribution in [0.2, 0.25) is 0 Å². The van der Waals surface area contributed by atoms with Gasteiger partial charge in [-0.25, -0.2) is 8.42 Å². The minimum atomic E-state index is -3.60. The molecule has 0 radical (unpaired) electrons. The van der Waals surface area contributed by atoms with Gasteiger partial charge in [0, 0.05) is 29.3 Å². The Balaban J connectivity index is 2.47. The van der Waals surface area contributed by atoms with Crippen LogP contribution in [0.15, 0.2) is 17.0 Å². The zero-order valence-corrected chi connectivity index (χ0v) is 14.5. The second kappa shape index (κ2) is 5.70. The van der Waals surface area contributed by atoms with Crippen LogP contribution >= 0.6 is 11.8 Å². The molecule has 1 aliphatic rings. The minimum absolute atomic E-state index is 0.0885. The number of rotatable bonds is 3. The van der Waals surface area contributed by atoms with Crippen LogP contribution in [0, 0.1) is 6.92 Å². The highest BCUT2D eigenvalue weighted by Crippen LogP contribution is 2.36. The van der Waals surface area contributed by atoms with Crippen LogP contribution in [-0.4, -0.2) is 43.4 Å². The van der Waals surface area contributed by atoms with Crippen LogP contribution in [0.25, 0.3) is 0 Å². The Labute approximate surface area is 130 Å². The normalized spacial score (nSPS) is 19.4. The Kier molecular flexibility index (Phi) is 4.46. The quantitative estimate of drug-likeness (QED) is 0.859. The summed E-state index contributed by atoms with van der Waals surface area (Å²) < 4.78 is 32.5. The van der Waals surface area contributed by atoms with Gasteiger partial charge in [0.2, 0.25) is 10.0 Å². The third kappa shape index (κ3) is 3.30. The van der Waals surface area contributed by atoms with E-state index in [1.54, 1.807) is 17.8 Å². The Morgan fingerprint density at radius 2 is 2.05 bits per heavy atom. The second-order valence-electron chi connectivity index (χ2n) is 5.81. The van der Waals surface area contributed by atoms with Gasteiger partial charge in [-0.1, -0.05) is 0 Å². The number of aryl methyl sites for hydroxylation is 1. The molecule has 1 fully saturated rings. The highest BCUT2D eigenvalue weighted by molar-refractivity contribution is 8.00. The predicted octanol–water partition coefficient (Wildman–Crippen LogP) is 2.10. The number of nitrogens with two attached hydrogens (primary N) is 1. The predicted molar refractivity (Wildman–Crippen MR) is 87.4 cm³/mol. The molecule has 0 aromatic heterocycles. The van der Waals surface area contributed by atoms with Crippen molar-refractivity contribution in [1.82, 2.24) is 4.31 Å². The molecule has 7 heteroatoms. The summed E-state index contributed by atoms with van der Waals surface area (Å²) in [6, 6.07) is 3.17. The summed E-state index contributed by atoms with van der Waals surface area (Å²) in [6.45, 7) is 6.93. The first-order valence-corrected chi connectivity index (χ1v) is 9.18. The Morgan fingerprint density at radius 3 is 2.62 bits per heavy atom. The van der Waals surface area contributed by atoms with Gasteiger partial charge in [0.25, 0.3) is 0 Å². The van der Waals surface area contributed by atoms with Crippen LogP contribution in [0.4, 0.5) is 5.69 Å². The molecule has 1 heterocycles. The molecule has 2 N–H and O–H groups in total. The first-order valence-electron chi connectivity index (χ1n) is 6.75. The van der Waals surface area contributed by atoms with E-state index in [2.05, 4.69) is 13.8 Å². The summed E-state index contributed by atoms with van der Waals surface area (Å²) in [5.41, 5.74) is 7.15. The maximum absolute atomic E-state index is 12.9. The summed E-state index contributed by atoms with van der Waals surface area (Å²) in [5, 5.41) is 0. The number of thioether (sulfide) groups is 1. The highest BCUT2D eigenvalue weighted by Gasteiger charge is 2.36. The standard InChI is InChI=1S/C14H22N2O3S2/c1-10-7-12(19-4)13(8-11(10)15)21(17,18)16-5-6-20-14(2,3)9-16/h7-8H,5-6,9,15H2,1-4H3. The maximum Gasteiger partial charge on any atom is 0.246 e. The van der Waals surface area contributed by atoms with E-state index in [9.17, 15) is 8.42 Å². The van der Waals surface area contributed by atoms with Crippen molar-refractivity contribution in [1.29, 1.82) is 0 Å². The van der Waals surface area contributed by atoms with E-state index in [4.69, 9.17) is 10.5 Å². The van der Waals surface area contributed by atoms with Gasteiger partial charge < -0.3 is 10.5 Å². The average molecular weight is 330 g/mol. The lowest BCUT2D eigenvalue weighted by Crippen LogP contribution is -2.46. The molecule has 2 rings (SSSR count). The summed E-state index contributed by atoms with van der Waals surface area (Å²) in [5.74, 6) is 1.13. The molecule has 0 amide bonds. The number of ether oxygens (including phenoxy) is 1. The van der Waals surface area contributed by atoms with Crippen LogP contribution in [-0.2, 0) is 10.0 Å². The number of methoxy groups -OCH3 is 1. The Bertz CT molecular complexity index is 642. The van der Waals surface area contributed by atoms with E-state index >= 15 is 0 Å². The molecule has 5 nitrogen and oxygen atoms in total. The molecule has 0 saturated carbocycles. The molecular formula is C14H22N2O3S2. The van der Waals surface area contributed by atoms with Gasteiger partial charge in [-0.15, -0.1) is 0 Å². The van der Waals surface area contributed by atoms with Crippen LogP contribution in [0.3, 0.4) is 0 Å². The zero-order chi connectivity index (χ0) is 15.8. The zero-order valence-electron chi connectivity index (χ0n) is 12.8. The molecule has 1 aromatic rings. The topological polar surface area (TPSA) is 72.6 Å². The van der Waals surface area contributed by atoms with E-state index in [-0.39, 0.29) is 9.64 Å². The van der Waals surface area contributed by atoms with Crippen molar-refractivity contribution < 1.29 is 13.2 Å². The first-order chi connectivity index (χ1) is 9.67. The number of nitrogen functional groups attached to an aromatic ring is 1.